The van der Waals surface area contributed by atoms with E-state index in [4.69, 9.17) is 20.5 Å². The van der Waals surface area contributed by atoms with Crippen molar-refractivity contribution in [3.63, 3.8) is 0 Å². The highest BCUT2D eigenvalue weighted by atomic mass is 35.5. The SMILES string of the molecule is [2H]C([2H])([2H])c1cc(Cl)cc2c1OC(C(F)(F)F)C(C(=O)OCC)=C2. The third kappa shape index (κ3) is 3.15. The third-order valence-electron chi connectivity index (χ3n) is 2.72. The zero-order valence-electron chi connectivity index (χ0n) is 13.8. The van der Waals surface area contributed by atoms with E-state index in [9.17, 15) is 18.0 Å². The van der Waals surface area contributed by atoms with Gasteiger partial charge in [-0.25, -0.2) is 4.79 Å². The van der Waals surface area contributed by atoms with Gasteiger partial charge in [0.15, 0.2) is 0 Å². The Kier molecular flexibility index (Phi) is 3.18. The van der Waals surface area contributed by atoms with Crippen LogP contribution in [0.2, 0.25) is 5.02 Å². The lowest BCUT2D eigenvalue weighted by atomic mass is 9.99. The predicted molar refractivity (Wildman–Crippen MR) is 71.3 cm³/mol. The number of hydrogen-bond donors (Lipinski definition) is 0. The number of aryl methyl sites for hydroxylation is 1. The van der Waals surface area contributed by atoms with Crippen LogP contribution in [0.1, 0.15) is 22.2 Å². The molecule has 1 aromatic rings. The van der Waals surface area contributed by atoms with Crippen molar-refractivity contribution in [1.82, 2.24) is 0 Å². The van der Waals surface area contributed by atoms with Gasteiger partial charge in [0.2, 0.25) is 6.10 Å². The minimum absolute atomic E-state index is 0.00612. The van der Waals surface area contributed by atoms with Crippen molar-refractivity contribution in [1.29, 1.82) is 0 Å². The Balaban J connectivity index is 2.66. The largest absolute Gasteiger partial charge is 0.475 e. The number of benzene rings is 1. The van der Waals surface area contributed by atoms with E-state index in [0.29, 0.717) is 0 Å². The second-order valence-corrected chi connectivity index (χ2v) is 4.67. The molecule has 1 unspecified atom stereocenters. The van der Waals surface area contributed by atoms with Crippen molar-refractivity contribution < 1.29 is 31.6 Å². The van der Waals surface area contributed by atoms with E-state index in [1.807, 2.05) is 0 Å². The molecule has 0 fully saturated rings. The topological polar surface area (TPSA) is 35.5 Å². The Morgan fingerprint density at radius 3 is 2.81 bits per heavy atom. The normalized spacial score (nSPS) is 20.3. The summed E-state index contributed by atoms with van der Waals surface area (Å²) in [7, 11) is 0. The number of alkyl halides is 3. The number of halogens is 4. The van der Waals surface area contributed by atoms with Gasteiger partial charge in [0.05, 0.1) is 12.2 Å². The summed E-state index contributed by atoms with van der Waals surface area (Å²) in [5.41, 5.74) is -1.26. The number of carbonyl (C=O) groups excluding carboxylic acids is 1. The first-order valence-electron chi connectivity index (χ1n) is 7.41. The molecular formula is C14H12ClF3O3. The van der Waals surface area contributed by atoms with E-state index >= 15 is 0 Å². The zero-order valence-corrected chi connectivity index (χ0v) is 11.5. The van der Waals surface area contributed by atoms with Crippen molar-refractivity contribution in [3.05, 3.63) is 33.9 Å². The van der Waals surface area contributed by atoms with Gasteiger partial charge < -0.3 is 9.47 Å². The van der Waals surface area contributed by atoms with E-state index in [2.05, 4.69) is 4.74 Å². The molecule has 0 spiro atoms. The zero-order chi connectivity index (χ0) is 18.3. The smallest absolute Gasteiger partial charge is 0.430 e. The fourth-order valence-corrected chi connectivity index (χ4v) is 2.13. The molecule has 3 nitrogen and oxygen atoms in total. The van der Waals surface area contributed by atoms with E-state index in [0.717, 1.165) is 12.1 Å². The summed E-state index contributed by atoms with van der Waals surface area (Å²) < 4.78 is 71.6. The summed E-state index contributed by atoms with van der Waals surface area (Å²) >= 11 is 5.83. The maximum atomic E-state index is 13.3. The Morgan fingerprint density at radius 1 is 1.52 bits per heavy atom. The maximum Gasteiger partial charge on any atom is 0.430 e. The second-order valence-electron chi connectivity index (χ2n) is 4.23. The van der Waals surface area contributed by atoms with Gasteiger partial charge in [-0.1, -0.05) is 11.6 Å². The van der Waals surface area contributed by atoms with Gasteiger partial charge >= 0.3 is 12.1 Å². The van der Waals surface area contributed by atoms with Gasteiger partial charge in [0.1, 0.15) is 5.75 Å². The van der Waals surface area contributed by atoms with E-state index in [-0.39, 0.29) is 17.2 Å². The van der Waals surface area contributed by atoms with Crippen molar-refractivity contribution in [2.45, 2.75) is 26.1 Å². The average Bonchev–Trinajstić information content (AvgIpc) is 2.43. The predicted octanol–water partition coefficient (Wildman–Crippen LogP) is 3.92. The molecule has 0 saturated heterocycles. The Morgan fingerprint density at radius 2 is 2.24 bits per heavy atom. The van der Waals surface area contributed by atoms with Crippen LogP contribution in [0, 0.1) is 6.85 Å². The molecule has 0 bridgehead atoms. The van der Waals surface area contributed by atoms with Crippen LogP contribution < -0.4 is 4.74 Å². The maximum absolute atomic E-state index is 13.3. The van der Waals surface area contributed by atoms with Crippen molar-refractivity contribution in [2.24, 2.45) is 0 Å². The lowest BCUT2D eigenvalue weighted by Gasteiger charge is -2.28. The monoisotopic (exact) mass is 323 g/mol. The summed E-state index contributed by atoms with van der Waals surface area (Å²) in [6, 6.07) is 2.24. The van der Waals surface area contributed by atoms with Crippen molar-refractivity contribution in [2.75, 3.05) is 6.61 Å². The Bertz CT molecular complexity index is 699. The molecule has 0 amide bonds. The number of fused-ring (bicyclic) bond motifs is 1. The molecule has 1 aliphatic heterocycles. The van der Waals surface area contributed by atoms with Crippen LogP contribution in [0.25, 0.3) is 6.08 Å². The van der Waals surface area contributed by atoms with Gasteiger partial charge in [-0.2, -0.15) is 13.2 Å². The van der Waals surface area contributed by atoms with E-state index < -0.39 is 42.0 Å². The highest BCUT2D eigenvalue weighted by Gasteiger charge is 2.49. The van der Waals surface area contributed by atoms with E-state index in [1.165, 1.54) is 13.0 Å². The molecule has 7 heteroatoms. The molecule has 0 aromatic heterocycles. The summed E-state index contributed by atoms with van der Waals surface area (Å²) in [5.74, 6) is -1.67. The highest BCUT2D eigenvalue weighted by molar-refractivity contribution is 6.30. The quantitative estimate of drug-likeness (QED) is 0.774. The van der Waals surface area contributed by atoms with Crippen LogP contribution in [0.5, 0.6) is 5.75 Å². The Hall–Kier alpha value is -1.69. The number of rotatable bonds is 2. The van der Waals surface area contributed by atoms with Gasteiger partial charge in [-0.15, -0.1) is 0 Å². The number of hydrogen-bond acceptors (Lipinski definition) is 3. The van der Waals surface area contributed by atoms with E-state index in [1.54, 1.807) is 0 Å². The molecule has 0 aliphatic carbocycles. The van der Waals surface area contributed by atoms with Gasteiger partial charge in [-0.3, -0.25) is 0 Å². The van der Waals surface area contributed by atoms with Crippen LogP contribution in [0.3, 0.4) is 0 Å². The summed E-state index contributed by atoms with van der Waals surface area (Å²) in [4.78, 5) is 11.8. The number of ether oxygens (including phenoxy) is 2. The van der Waals surface area contributed by atoms with Crippen LogP contribution in [-0.4, -0.2) is 24.9 Å². The average molecular weight is 324 g/mol. The molecule has 0 N–H and O–H groups in total. The van der Waals surface area contributed by atoms with Gasteiger partial charge in [0, 0.05) is 14.7 Å². The first-order chi connectivity index (χ1) is 10.9. The lowest BCUT2D eigenvalue weighted by Crippen LogP contribution is -2.41. The standard InChI is InChI=1S/C14H12ClF3O3/c1-3-20-13(19)10-6-8-5-9(15)4-7(2)11(8)21-12(10)14(16,17)18/h4-6,12H,3H2,1-2H3/i2D3. The molecular weight excluding hydrogens is 309 g/mol. The fourth-order valence-electron chi connectivity index (χ4n) is 1.90. The fraction of sp³-hybridized carbons (Fsp3) is 0.357. The molecule has 1 aromatic carbocycles. The summed E-state index contributed by atoms with van der Waals surface area (Å²) in [6.07, 6.45) is -6.65. The number of esters is 1. The second kappa shape index (κ2) is 5.60. The molecule has 114 valence electrons. The summed E-state index contributed by atoms with van der Waals surface area (Å²) in [5, 5.41) is -0.00612. The van der Waals surface area contributed by atoms with Gasteiger partial charge in [0.25, 0.3) is 0 Å². The molecule has 0 radical (unpaired) electrons. The third-order valence-corrected chi connectivity index (χ3v) is 2.94. The minimum Gasteiger partial charge on any atom is -0.475 e. The highest BCUT2D eigenvalue weighted by Crippen LogP contribution is 2.40. The first-order valence-corrected chi connectivity index (χ1v) is 6.29. The van der Waals surface area contributed by atoms with Crippen LogP contribution in [0.4, 0.5) is 13.2 Å². The first kappa shape index (κ1) is 11.9. The van der Waals surface area contributed by atoms with Crippen molar-refractivity contribution in [3.8, 4) is 5.75 Å². The van der Waals surface area contributed by atoms with Crippen LogP contribution in [-0.2, 0) is 9.53 Å². The Labute approximate surface area is 128 Å². The van der Waals surface area contributed by atoms with Crippen molar-refractivity contribution >= 4 is 23.6 Å². The molecule has 0 saturated carbocycles. The molecule has 1 aliphatic rings. The molecule has 2 rings (SSSR count). The van der Waals surface area contributed by atoms with Gasteiger partial charge in [-0.05, 0) is 37.5 Å². The summed E-state index contributed by atoms with van der Waals surface area (Å²) in [6.45, 7) is -1.41. The lowest BCUT2D eigenvalue weighted by molar-refractivity contribution is -0.188. The molecule has 1 heterocycles. The molecule has 1 atom stereocenters. The van der Waals surface area contributed by atoms with Crippen LogP contribution >= 0.6 is 11.6 Å². The van der Waals surface area contributed by atoms with Crippen LogP contribution in [0.15, 0.2) is 17.7 Å². The molecule has 21 heavy (non-hydrogen) atoms. The minimum atomic E-state index is -4.93. The number of carbonyl (C=O) groups is 1.